The summed E-state index contributed by atoms with van der Waals surface area (Å²) in [7, 11) is 0. The summed E-state index contributed by atoms with van der Waals surface area (Å²) in [4.78, 5) is 2.68. The Balaban J connectivity index is 2.12. The van der Waals surface area contributed by atoms with E-state index in [0.717, 1.165) is 6.04 Å². The fourth-order valence-corrected chi connectivity index (χ4v) is 3.06. The van der Waals surface area contributed by atoms with Crippen LogP contribution in [0, 0.1) is 10.8 Å². The molecule has 0 aromatic heterocycles. The minimum atomic E-state index is 0.510. The van der Waals surface area contributed by atoms with Crippen molar-refractivity contribution < 1.29 is 0 Å². The molecule has 0 saturated carbocycles. The van der Waals surface area contributed by atoms with E-state index in [4.69, 9.17) is 0 Å². The number of fused-ring (bicyclic) bond motifs is 1. The Kier molecular flexibility index (Phi) is 2.39. The highest BCUT2D eigenvalue weighted by Crippen LogP contribution is 2.48. The maximum absolute atomic E-state index is 3.56. The van der Waals surface area contributed by atoms with Crippen LogP contribution in [0.2, 0.25) is 0 Å². The highest BCUT2D eigenvalue weighted by Gasteiger charge is 2.55. The summed E-state index contributed by atoms with van der Waals surface area (Å²) in [5, 5.41) is 3.56. The lowest BCUT2D eigenvalue weighted by Gasteiger charge is -2.31. The average Bonchev–Trinajstić information content (AvgIpc) is 2.52. The van der Waals surface area contributed by atoms with E-state index in [1.807, 2.05) is 0 Å². The van der Waals surface area contributed by atoms with Crippen molar-refractivity contribution in [3.05, 3.63) is 0 Å². The van der Waals surface area contributed by atoms with Crippen molar-refractivity contribution in [2.45, 2.75) is 40.2 Å². The summed E-state index contributed by atoms with van der Waals surface area (Å²) in [5.41, 5.74) is 1.02. The standard InChI is InChI=1S/C12H24N2/c1-5-10(2)14-8-11(3)6-13-7-12(11,4)9-14/h10,13H,5-9H2,1-4H3/t10-,11-,12-/m0/s1. The number of likely N-dealkylation sites (tertiary alicyclic amines) is 1. The molecule has 1 N–H and O–H groups in total. The second kappa shape index (κ2) is 3.21. The van der Waals surface area contributed by atoms with Gasteiger partial charge in [0.15, 0.2) is 0 Å². The third kappa shape index (κ3) is 1.31. The lowest BCUT2D eigenvalue weighted by molar-refractivity contribution is 0.212. The van der Waals surface area contributed by atoms with Gasteiger partial charge in [0.05, 0.1) is 0 Å². The number of rotatable bonds is 2. The summed E-state index contributed by atoms with van der Waals surface area (Å²) < 4.78 is 0. The molecule has 0 amide bonds. The number of nitrogens with one attached hydrogen (secondary N) is 1. The molecule has 2 heteroatoms. The van der Waals surface area contributed by atoms with Gasteiger partial charge in [0.2, 0.25) is 0 Å². The molecule has 0 spiro atoms. The molecule has 0 unspecified atom stereocenters. The fourth-order valence-electron chi connectivity index (χ4n) is 3.06. The van der Waals surface area contributed by atoms with Gasteiger partial charge in [-0.25, -0.2) is 0 Å². The highest BCUT2D eigenvalue weighted by atomic mass is 15.2. The molecular formula is C12H24N2. The predicted molar refractivity (Wildman–Crippen MR) is 60.4 cm³/mol. The van der Waals surface area contributed by atoms with E-state index >= 15 is 0 Å². The van der Waals surface area contributed by atoms with Gasteiger partial charge in [-0.3, -0.25) is 4.90 Å². The van der Waals surface area contributed by atoms with Crippen molar-refractivity contribution in [3.63, 3.8) is 0 Å². The lowest BCUT2D eigenvalue weighted by atomic mass is 9.71. The monoisotopic (exact) mass is 196 g/mol. The molecule has 0 bridgehead atoms. The maximum Gasteiger partial charge on any atom is 0.00647 e. The molecule has 0 aromatic carbocycles. The fraction of sp³-hybridized carbons (Fsp3) is 1.00. The van der Waals surface area contributed by atoms with Crippen LogP contribution >= 0.6 is 0 Å². The summed E-state index contributed by atoms with van der Waals surface area (Å²) in [5.74, 6) is 0. The van der Waals surface area contributed by atoms with E-state index in [9.17, 15) is 0 Å². The zero-order valence-corrected chi connectivity index (χ0v) is 10.1. The first kappa shape index (κ1) is 10.4. The topological polar surface area (TPSA) is 15.3 Å². The Bertz CT molecular complexity index is 210. The van der Waals surface area contributed by atoms with Gasteiger partial charge >= 0.3 is 0 Å². The molecule has 0 aliphatic carbocycles. The number of hydrogen-bond acceptors (Lipinski definition) is 2. The Labute approximate surface area is 88.1 Å². The minimum absolute atomic E-state index is 0.510. The normalized spacial score (nSPS) is 45.4. The quantitative estimate of drug-likeness (QED) is 0.723. The first-order chi connectivity index (χ1) is 6.51. The Morgan fingerprint density at radius 3 is 2.14 bits per heavy atom. The molecule has 3 atom stereocenters. The van der Waals surface area contributed by atoms with Crippen LogP contribution in [-0.4, -0.2) is 37.1 Å². The molecule has 2 aliphatic heterocycles. The average molecular weight is 196 g/mol. The maximum atomic E-state index is 3.56. The molecule has 2 fully saturated rings. The predicted octanol–water partition coefficient (Wildman–Crippen LogP) is 1.72. The van der Waals surface area contributed by atoms with Gasteiger partial charge in [-0.2, -0.15) is 0 Å². The van der Waals surface area contributed by atoms with Gasteiger partial charge in [0.25, 0.3) is 0 Å². The van der Waals surface area contributed by atoms with Crippen LogP contribution in [0.25, 0.3) is 0 Å². The largest absolute Gasteiger partial charge is 0.316 e. The molecule has 82 valence electrons. The first-order valence-corrected chi connectivity index (χ1v) is 5.95. The van der Waals surface area contributed by atoms with E-state index in [2.05, 4.69) is 37.9 Å². The van der Waals surface area contributed by atoms with Crippen LogP contribution in [0.1, 0.15) is 34.1 Å². The zero-order chi connectivity index (χ0) is 10.4. The van der Waals surface area contributed by atoms with Crippen molar-refractivity contribution in [3.8, 4) is 0 Å². The molecule has 2 rings (SSSR count). The van der Waals surface area contributed by atoms with Gasteiger partial charge in [-0.05, 0) is 13.3 Å². The van der Waals surface area contributed by atoms with Gasteiger partial charge in [-0.1, -0.05) is 20.8 Å². The lowest BCUT2D eigenvalue weighted by Crippen LogP contribution is -2.35. The minimum Gasteiger partial charge on any atom is -0.316 e. The van der Waals surface area contributed by atoms with Crippen molar-refractivity contribution in [1.29, 1.82) is 0 Å². The smallest absolute Gasteiger partial charge is 0.00647 e. The van der Waals surface area contributed by atoms with Gasteiger partial charge in [0, 0.05) is 43.1 Å². The SMILES string of the molecule is CC[C@H](C)N1C[C@]2(C)CNC[C@@]2(C)C1. The van der Waals surface area contributed by atoms with Crippen LogP contribution < -0.4 is 5.32 Å². The van der Waals surface area contributed by atoms with Crippen LogP contribution in [0.15, 0.2) is 0 Å². The van der Waals surface area contributed by atoms with Crippen LogP contribution in [0.3, 0.4) is 0 Å². The van der Waals surface area contributed by atoms with Crippen molar-refractivity contribution in [1.82, 2.24) is 10.2 Å². The van der Waals surface area contributed by atoms with E-state index in [0.29, 0.717) is 10.8 Å². The van der Waals surface area contributed by atoms with Gasteiger partial charge < -0.3 is 5.32 Å². The first-order valence-electron chi connectivity index (χ1n) is 5.95. The zero-order valence-electron chi connectivity index (χ0n) is 10.1. The molecule has 14 heavy (non-hydrogen) atoms. The highest BCUT2D eigenvalue weighted by molar-refractivity contribution is 5.09. The van der Waals surface area contributed by atoms with Crippen LogP contribution in [-0.2, 0) is 0 Å². The summed E-state index contributed by atoms with van der Waals surface area (Å²) in [6, 6.07) is 0.759. The molecule has 2 nitrogen and oxygen atoms in total. The summed E-state index contributed by atoms with van der Waals surface area (Å²) >= 11 is 0. The Hall–Kier alpha value is -0.0800. The Morgan fingerprint density at radius 1 is 1.21 bits per heavy atom. The molecule has 0 radical (unpaired) electrons. The molecule has 2 heterocycles. The second-order valence-electron chi connectivity index (χ2n) is 5.89. The van der Waals surface area contributed by atoms with E-state index in [1.165, 1.54) is 32.6 Å². The van der Waals surface area contributed by atoms with Crippen molar-refractivity contribution >= 4 is 0 Å². The van der Waals surface area contributed by atoms with Gasteiger partial charge in [-0.15, -0.1) is 0 Å². The van der Waals surface area contributed by atoms with Crippen molar-refractivity contribution in [2.75, 3.05) is 26.2 Å². The van der Waals surface area contributed by atoms with Crippen LogP contribution in [0.5, 0.6) is 0 Å². The number of hydrogen-bond donors (Lipinski definition) is 1. The van der Waals surface area contributed by atoms with E-state index in [1.54, 1.807) is 0 Å². The second-order valence-corrected chi connectivity index (χ2v) is 5.89. The van der Waals surface area contributed by atoms with E-state index < -0.39 is 0 Å². The number of nitrogens with zero attached hydrogens (tertiary/aromatic N) is 1. The Morgan fingerprint density at radius 2 is 1.71 bits per heavy atom. The third-order valence-corrected chi connectivity index (χ3v) is 4.81. The molecular weight excluding hydrogens is 172 g/mol. The summed E-state index contributed by atoms with van der Waals surface area (Å²) in [6.07, 6.45) is 1.28. The van der Waals surface area contributed by atoms with E-state index in [-0.39, 0.29) is 0 Å². The summed E-state index contributed by atoms with van der Waals surface area (Å²) in [6.45, 7) is 14.5. The molecule has 0 aromatic rings. The third-order valence-electron chi connectivity index (χ3n) is 4.81. The van der Waals surface area contributed by atoms with Crippen molar-refractivity contribution in [2.24, 2.45) is 10.8 Å². The van der Waals surface area contributed by atoms with Crippen LogP contribution in [0.4, 0.5) is 0 Å². The molecule has 2 aliphatic rings. The van der Waals surface area contributed by atoms with Gasteiger partial charge in [0.1, 0.15) is 0 Å². The molecule has 2 saturated heterocycles.